The van der Waals surface area contributed by atoms with Crippen LogP contribution in [0.3, 0.4) is 0 Å². The average molecular weight is 246 g/mol. The maximum atomic E-state index is 13.3. The molecule has 0 fully saturated rings. The van der Waals surface area contributed by atoms with E-state index in [1.165, 1.54) is 0 Å². The molecular weight excluding hydrogens is 229 g/mol. The van der Waals surface area contributed by atoms with Crippen molar-refractivity contribution < 1.29 is 9.13 Å². The number of benzene rings is 1. The second kappa shape index (κ2) is 5.51. The molecule has 0 heterocycles. The van der Waals surface area contributed by atoms with Crippen LogP contribution in [0, 0.1) is 6.92 Å². The lowest BCUT2D eigenvalue weighted by Gasteiger charge is -2.16. The van der Waals surface area contributed by atoms with E-state index in [1.807, 2.05) is 25.1 Å². The van der Waals surface area contributed by atoms with Crippen molar-refractivity contribution in [1.29, 1.82) is 0 Å². The molecule has 1 unspecified atom stereocenters. The predicted molar refractivity (Wildman–Crippen MR) is 65.2 cm³/mol. The van der Waals surface area contributed by atoms with Crippen LogP contribution in [0.25, 0.3) is 0 Å². The van der Waals surface area contributed by atoms with Gasteiger partial charge in [0.2, 0.25) is 5.13 Å². The van der Waals surface area contributed by atoms with Crippen LogP contribution in [-0.2, 0) is 11.3 Å². The van der Waals surface area contributed by atoms with Gasteiger partial charge in [0.25, 0.3) is 0 Å². The first kappa shape index (κ1) is 13.3. The number of aryl methyl sites for hydroxylation is 1. The Balaban J connectivity index is 2.49. The lowest BCUT2D eigenvalue weighted by atomic mass is 10.1. The minimum absolute atomic E-state index is 0.127. The van der Waals surface area contributed by atoms with E-state index in [1.54, 1.807) is 6.92 Å². The summed E-state index contributed by atoms with van der Waals surface area (Å²) in [5.41, 5.74) is 8.41. The molecule has 0 saturated carbocycles. The number of nitrogen functional groups attached to an aromatic ring is 1. The largest absolute Gasteiger partial charge is 0.398 e. The van der Waals surface area contributed by atoms with E-state index >= 15 is 0 Å². The summed E-state index contributed by atoms with van der Waals surface area (Å²) in [6, 6.07) is 5.69. The van der Waals surface area contributed by atoms with Gasteiger partial charge < -0.3 is 10.5 Å². The van der Waals surface area contributed by atoms with Crippen LogP contribution in [0.2, 0.25) is 0 Å². The van der Waals surface area contributed by atoms with E-state index in [0.717, 1.165) is 11.1 Å². The molecule has 16 heavy (non-hydrogen) atoms. The molecule has 0 amide bonds. The van der Waals surface area contributed by atoms with E-state index in [-0.39, 0.29) is 19.6 Å². The Labute approximate surface area is 101 Å². The van der Waals surface area contributed by atoms with Crippen molar-refractivity contribution in [3.05, 3.63) is 29.3 Å². The minimum atomic E-state index is -1.78. The lowest BCUT2D eigenvalue weighted by Crippen LogP contribution is -2.20. The highest BCUT2D eigenvalue weighted by Gasteiger charge is 2.23. The molecule has 0 aromatic heterocycles. The Morgan fingerprint density at radius 1 is 1.50 bits per heavy atom. The topological polar surface area (TPSA) is 35.2 Å². The number of hydrogen-bond donors (Lipinski definition) is 1. The molecule has 0 aliphatic heterocycles. The van der Waals surface area contributed by atoms with E-state index in [2.05, 4.69) is 0 Å². The summed E-state index contributed by atoms with van der Waals surface area (Å²) in [5, 5.41) is -1.78. The molecule has 4 heteroatoms. The molecule has 90 valence electrons. The van der Waals surface area contributed by atoms with Crippen LogP contribution in [0.1, 0.15) is 24.5 Å². The summed E-state index contributed by atoms with van der Waals surface area (Å²) >= 11 is 5.53. The minimum Gasteiger partial charge on any atom is -0.398 e. The zero-order valence-electron chi connectivity index (χ0n) is 9.59. The van der Waals surface area contributed by atoms with Crippen molar-refractivity contribution in [2.45, 2.75) is 32.0 Å². The fourth-order valence-electron chi connectivity index (χ4n) is 1.26. The van der Waals surface area contributed by atoms with Gasteiger partial charge in [-0.25, -0.2) is 4.39 Å². The molecule has 1 aromatic carbocycles. The van der Waals surface area contributed by atoms with Crippen LogP contribution < -0.4 is 5.73 Å². The van der Waals surface area contributed by atoms with Gasteiger partial charge >= 0.3 is 0 Å². The first-order valence-electron chi connectivity index (χ1n) is 5.25. The fourth-order valence-corrected chi connectivity index (χ4v) is 1.34. The second-order valence-electron chi connectivity index (χ2n) is 3.90. The molecule has 1 rings (SSSR count). The molecule has 0 spiro atoms. The van der Waals surface area contributed by atoms with Crippen LogP contribution in [0.15, 0.2) is 18.2 Å². The van der Waals surface area contributed by atoms with Crippen molar-refractivity contribution in [3.63, 3.8) is 0 Å². The molecule has 2 nitrogen and oxygen atoms in total. The van der Waals surface area contributed by atoms with Crippen molar-refractivity contribution in [2.24, 2.45) is 0 Å². The Morgan fingerprint density at radius 3 is 2.75 bits per heavy atom. The van der Waals surface area contributed by atoms with Crippen LogP contribution in [0.4, 0.5) is 10.1 Å². The Bertz CT molecular complexity index is 355. The molecule has 0 aliphatic rings. The standard InChI is InChI=1S/C12H17ClFNO/c1-3-12(13,14)8-16-7-10-5-4-9(2)6-11(10)15/h4-6H,3,7-8,15H2,1-2H3. The molecule has 0 aliphatic carbocycles. The van der Waals surface area contributed by atoms with Gasteiger partial charge in [-0.3, -0.25) is 0 Å². The monoisotopic (exact) mass is 245 g/mol. The van der Waals surface area contributed by atoms with Gasteiger partial charge in [0.1, 0.15) is 0 Å². The number of nitrogens with two attached hydrogens (primary N) is 1. The number of anilines is 1. The maximum Gasteiger partial charge on any atom is 0.206 e. The molecule has 0 bridgehead atoms. The number of hydrogen-bond acceptors (Lipinski definition) is 2. The van der Waals surface area contributed by atoms with E-state index in [9.17, 15) is 4.39 Å². The van der Waals surface area contributed by atoms with E-state index < -0.39 is 5.13 Å². The van der Waals surface area contributed by atoms with Crippen molar-refractivity contribution in [1.82, 2.24) is 0 Å². The summed E-state index contributed by atoms with van der Waals surface area (Å²) in [4.78, 5) is 0. The normalized spacial score (nSPS) is 14.8. The third-order valence-electron chi connectivity index (χ3n) is 2.39. The van der Waals surface area contributed by atoms with Gasteiger partial charge in [-0.2, -0.15) is 0 Å². The van der Waals surface area contributed by atoms with Gasteiger partial charge in [-0.1, -0.05) is 30.7 Å². The summed E-state index contributed by atoms with van der Waals surface area (Å²) < 4.78 is 18.5. The number of rotatable bonds is 5. The number of halogens is 2. The lowest BCUT2D eigenvalue weighted by molar-refractivity contribution is 0.0493. The van der Waals surface area contributed by atoms with Crippen LogP contribution in [0.5, 0.6) is 0 Å². The van der Waals surface area contributed by atoms with Gasteiger partial charge in [0.05, 0.1) is 13.2 Å². The fraction of sp³-hybridized carbons (Fsp3) is 0.500. The smallest absolute Gasteiger partial charge is 0.206 e. The van der Waals surface area contributed by atoms with Gasteiger partial charge in [-0.15, -0.1) is 0 Å². The molecule has 1 atom stereocenters. The van der Waals surface area contributed by atoms with Crippen LogP contribution in [-0.4, -0.2) is 11.7 Å². The Hall–Kier alpha value is -0.800. The summed E-state index contributed by atoms with van der Waals surface area (Å²) in [5.74, 6) is 0. The average Bonchev–Trinajstić information content (AvgIpc) is 2.21. The zero-order chi connectivity index (χ0) is 12.2. The highest BCUT2D eigenvalue weighted by Crippen LogP contribution is 2.22. The summed E-state index contributed by atoms with van der Waals surface area (Å²) in [6.07, 6.45) is 0.220. The van der Waals surface area contributed by atoms with E-state index in [4.69, 9.17) is 22.1 Å². The third kappa shape index (κ3) is 3.99. The Kier molecular flexibility index (Phi) is 4.56. The summed E-state index contributed by atoms with van der Waals surface area (Å²) in [6.45, 7) is 3.79. The quantitative estimate of drug-likeness (QED) is 0.637. The molecule has 0 radical (unpaired) electrons. The van der Waals surface area contributed by atoms with E-state index in [0.29, 0.717) is 5.69 Å². The maximum absolute atomic E-state index is 13.3. The molecule has 0 saturated heterocycles. The van der Waals surface area contributed by atoms with Gasteiger partial charge in [-0.05, 0) is 25.0 Å². The van der Waals surface area contributed by atoms with Crippen molar-refractivity contribution in [3.8, 4) is 0 Å². The predicted octanol–water partition coefficient (Wildman–Crippen LogP) is 3.41. The highest BCUT2D eigenvalue weighted by molar-refractivity contribution is 6.22. The summed E-state index contributed by atoms with van der Waals surface area (Å²) in [7, 11) is 0. The first-order valence-corrected chi connectivity index (χ1v) is 5.63. The SMILES string of the molecule is CCC(F)(Cl)COCc1ccc(C)cc1N. The number of alkyl halides is 2. The first-order chi connectivity index (χ1) is 7.44. The van der Waals surface area contributed by atoms with Gasteiger partial charge in [0, 0.05) is 11.3 Å². The van der Waals surface area contributed by atoms with Crippen LogP contribution >= 0.6 is 11.6 Å². The molecule has 1 aromatic rings. The molecular formula is C12H17ClFNO. The Morgan fingerprint density at radius 2 is 2.19 bits per heavy atom. The highest BCUT2D eigenvalue weighted by atomic mass is 35.5. The zero-order valence-corrected chi connectivity index (χ0v) is 10.4. The van der Waals surface area contributed by atoms with Crippen molar-refractivity contribution in [2.75, 3.05) is 12.3 Å². The third-order valence-corrected chi connectivity index (χ3v) is 2.77. The van der Waals surface area contributed by atoms with Gasteiger partial charge in [0.15, 0.2) is 0 Å². The number of ether oxygens (including phenoxy) is 1. The molecule has 2 N–H and O–H groups in total. The second-order valence-corrected chi connectivity index (χ2v) is 4.58. The van der Waals surface area contributed by atoms with Crippen molar-refractivity contribution >= 4 is 17.3 Å².